The van der Waals surface area contributed by atoms with E-state index in [-0.39, 0.29) is 29.4 Å². The molecule has 0 aliphatic heterocycles. The first-order valence-corrected chi connectivity index (χ1v) is 6.11. The van der Waals surface area contributed by atoms with Gasteiger partial charge < -0.3 is 15.5 Å². The molecule has 1 fully saturated rings. The molecule has 0 radical (unpaired) electrons. The van der Waals surface area contributed by atoms with E-state index in [4.69, 9.17) is 5.11 Å². The first-order chi connectivity index (χ1) is 7.56. The summed E-state index contributed by atoms with van der Waals surface area (Å²) in [4.78, 5) is 11.8. The number of rotatable bonds is 2. The molecule has 1 amide bonds. The molecule has 0 bridgehead atoms. The Kier molecular flexibility index (Phi) is 3.34. The summed E-state index contributed by atoms with van der Waals surface area (Å²) in [5, 5.41) is 21.4. The van der Waals surface area contributed by atoms with Crippen molar-refractivity contribution in [2.45, 2.75) is 25.0 Å². The largest absolute Gasteiger partial charge is 0.507 e. The van der Waals surface area contributed by atoms with E-state index in [0.29, 0.717) is 12.8 Å². The van der Waals surface area contributed by atoms with E-state index < -0.39 is 0 Å². The number of hydrogen-bond donors (Lipinski definition) is 3. The van der Waals surface area contributed by atoms with Crippen molar-refractivity contribution in [3.63, 3.8) is 0 Å². The molecule has 0 heterocycles. The molecular formula is C11H12INO3. The van der Waals surface area contributed by atoms with Gasteiger partial charge in [0, 0.05) is 9.61 Å². The number of carbonyl (C=O) groups excluding carboxylic acids is 1. The lowest BCUT2D eigenvalue weighted by molar-refractivity contribution is 0.0562. The van der Waals surface area contributed by atoms with E-state index in [2.05, 4.69) is 27.9 Å². The molecule has 86 valence electrons. The van der Waals surface area contributed by atoms with Crippen LogP contribution in [0.15, 0.2) is 18.2 Å². The van der Waals surface area contributed by atoms with Crippen LogP contribution in [0.5, 0.6) is 5.75 Å². The number of aliphatic hydroxyl groups is 1. The summed E-state index contributed by atoms with van der Waals surface area (Å²) in [7, 11) is 0. The van der Waals surface area contributed by atoms with Crippen LogP contribution in [-0.2, 0) is 0 Å². The minimum absolute atomic E-state index is 0.0159. The van der Waals surface area contributed by atoms with Gasteiger partial charge in [0.05, 0.1) is 11.7 Å². The van der Waals surface area contributed by atoms with E-state index >= 15 is 0 Å². The van der Waals surface area contributed by atoms with Gasteiger partial charge in [0.25, 0.3) is 5.91 Å². The Morgan fingerprint density at radius 2 is 2.12 bits per heavy atom. The van der Waals surface area contributed by atoms with Crippen LogP contribution in [0.4, 0.5) is 0 Å². The van der Waals surface area contributed by atoms with Crippen LogP contribution in [-0.4, -0.2) is 28.3 Å². The fraction of sp³-hybridized carbons (Fsp3) is 0.364. The Balaban J connectivity index is 2.05. The minimum Gasteiger partial charge on any atom is -0.507 e. The quantitative estimate of drug-likeness (QED) is 0.714. The van der Waals surface area contributed by atoms with E-state index in [1.54, 1.807) is 12.1 Å². The summed E-state index contributed by atoms with van der Waals surface area (Å²) >= 11 is 2.08. The predicted octanol–water partition coefficient (Wildman–Crippen LogP) is 1.25. The average molecular weight is 333 g/mol. The molecule has 1 aromatic carbocycles. The highest BCUT2D eigenvalue weighted by molar-refractivity contribution is 14.1. The first-order valence-electron chi connectivity index (χ1n) is 5.03. The topological polar surface area (TPSA) is 69.6 Å². The number of halogens is 1. The standard InChI is InChI=1S/C11H12INO3/c12-6-1-2-10(15)9(3-6)11(16)13-7-4-8(14)5-7/h1-3,7-8,14-15H,4-5H2,(H,13,16). The van der Waals surface area contributed by atoms with Gasteiger partial charge >= 0.3 is 0 Å². The number of phenolic OH excluding ortho intramolecular Hbond substituents is 1. The maximum absolute atomic E-state index is 11.8. The maximum Gasteiger partial charge on any atom is 0.255 e. The van der Waals surface area contributed by atoms with Crippen molar-refractivity contribution in [3.05, 3.63) is 27.3 Å². The third-order valence-corrected chi connectivity index (χ3v) is 3.32. The van der Waals surface area contributed by atoms with Gasteiger partial charge in [0.15, 0.2) is 0 Å². The van der Waals surface area contributed by atoms with Gasteiger partial charge in [0.1, 0.15) is 5.75 Å². The number of nitrogens with one attached hydrogen (secondary N) is 1. The maximum atomic E-state index is 11.8. The Bertz CT molecular complexity index is 416. The van der Waals surface area contributed by atoms with Gasteiger partial charge in [-0.25, -0.2) is 0 Å². The number of aliphatic hydroxyl groups excluding tert-OH is 1. The van der Waals surface area contributed by atoms with E-state index in [1.165, 1.54) is 6.07 Å². The highest BCUT2D eigenvalue weighted by atomic mass is 127. The van der Waals surface area contributed by atoms with Crippen LogP contribution in [0.25, 0.3) is 0 Å². The molecule has 1 aliphatic rings. The van der Waals surface area contributed by atoms with Crippen molar-refractivity contribution in [2.24, 2.45) is 0 Å². The first kappa shape index (κ1) is 11.7. The van der Waals surface area contributed by atoms with Crippen LogP contribution in [0.2, 0.25) is 0 Å². The highest BCUT2D eigenvalue weighted by Gasteiger charge is 2.29. The summed E-state index contributed by atoms with van der Waals surface area (Å²) in [5.74, 6) is -0.300. The second-order valence-corrected chi connectivity index (χ2v) is 5.20. The van der Waals surface area contributed by atoms with Gasteiger partial charge in [-0.3, -0.25) is 4.79 Å². The van der Waals surface area contributed by atoms with Crippen LogP contribution in [0, 0.1) is 3.57 Å². The summed E-state index contributed by atoms with van der Waals surface area (Å²) in [6.45, 7) is 0. The molecule has 0 atom stereocenters. The Morgan fingerprint density at radius 1 is 1.44 bits per heavy atom. The van der Waals surface area contributed by atoms with Crippen molar-refractivity contribution < 1.29 is 15.0 Å². The van der Waals surface area contributed by atoms with Gasteiger partial charge in [0.2, 0.25) is 0 Å². The highest BCUT2D eigenvalue weighted by Crippen LogP contribution is 2.23. The molecule has 2 rings (SSSR count). The van der Waals surface area contributed by atoms with Crippen molar-refractivity contribution in [1.29, 1.82) is 0 Å². The average Bonchev–Trinajstić information content (AvgIpc) is 2.19. The monoisotopic (exact) mass is 333 g/mol. The Hall–Kier alpha value is -0.820. The molecule has 5 heteroatoms. The van der Waals surface area contributed by atoms with Crippen LogP contribution < -0.4 is 5.32 Å². The number of carbonyl (C=O) groups is 1. The van der Waals surface area contributed by atoms with Gasteiger partial charge in [-0.15, -0.1) is 0 Å². The second-order valence-electron chi connectivity index (χ2n) is 3.96. The number of hydrogen-bond acceptors (Lipinski definition) is 3. The van der Waals surface area contributed by atoms with E-state index in [9.17, 15) is 9.90 Å². The molecule has 4 nitrogen and oxygen atoms in total. The number of amides is 1. The predicted molar refractivity (Wildman–Crippen MR) is 67.3 cm³/mol. The van der Waals surface area contributed by atoms with Crippen molar-refractivity contribution in [3.8, 4) is 5.75 Å². The molecule has 0 saturated heterocycles. The minimum atomic E-state index is -0.296. The smallest absolute Gasteiger partial charge is 0.255 e. The third kappa shape index (κ3) is 2.46. The molecule has 3 N–H and O–H groups in total. The van der Waals surface area contributed by atoms with Crippen molar-refractivity contribution >= 4 is 28.5 Å². The molecule has 0 unspecified atom stereocenters. The van der Waals surface area contributed by atoms with Crippen LogP contribution >= 0.6 is 22.6 Å². The molecule has 1 aromatic rings. The Morgan fingerprint density at radius 3 is 2.75 bits per heavy atom. The fourth-order valence-corrected chi connectivity index (χ4v) is 2.15. The lowest BCUT2D eigenvalue weighted by Gasteiger charge is -2.31. The van der Waals surface area contributed by atoms with E-state index in [1.807, 2.05) is 0 Å². The number of benzene rings is 1. The summed E-state index contributed by atoms with van der Waals surface area (Å²) in [6, 6.07) is 4.91. The zero-order valence-corrected chi connectivity index (χ0v) is 10.6. The summed E-state index contributed by atoms with van der Waals surface area (Å²) < 4.78 is 0.897. The zero-order chi connectivity index (χ0) is 11.7. The van der Waals surface area contributed by atoms with Crippen molar-refractivity contribution in [2.75, 3.05) is 0 Å². The summed E-state index contributed by atoms with van der Waals surface area (Å²) in [6.07, 6.45) is 0.891. The molecule has 0 aromatic heterocycles. The van der Waals surface area contributed by atoms with Crippen LogP contribution in [0.3, 0.4) is 0 Å². The van der Waals surface area contributed by atoms with Gasteiger partial charge in [-0.05, 0) is 53.6 Å². The fourth-order valence-electron chi connectivity index (χ4n) is 1.66. The lowest BCUT2D eigenvalue weighted by Crippen LogP contribution is -2.46. The normalized spacial score (nSPS) is 23.6. The second kappa shape index (κ2) is 4.58. The molecule has 1 aliphatic carbocycles. The molecular weight excluding hydrogens is 321 g/mol. The van der Waals surface area contributed by atoms with Gasteiger partial charge in [-0.1, -0.05) is 0 Å². The molecule has 1 saturated carbocycles. The van der Waals surface area contributed by atoms with Crippen molar-refractivity contribution in [1.82, 2.24) is 5.32 Å². The number of aromatic hydroxyl groups is 1. The molecule has 16 heavy (non-hydrogen) atoms. The summed E-state index contributed by atoms with van der Waals surface area (Å²) in [5.41, 5.74) is 0.285. The van der Waals surface area contributed by atoms with Crippen LogP contribution in [0.1, 0.15) is 23.2 Å². The third-order valence-electron chi connectivity index (χ3n) is 2.65. The number of phenols is 1. The Labute approximate surface area is 107 Å². The molecule has 0 spiro atoms. The lowest BCUT2D eigenvalue weighted by atomic mass is 9.89. The van der Waals surface area contributed by atoms with Gasteiger partial charge in [-0.2, -0.15) is 0 Å². The zero-order valence-electron chi connectivity index (χ0n) is 8.48. The SMILES string of the molecule is O=C(NC1CC(O)C1)c1cc(I)ccc1O. The van der Waals surface area contributed by atoms with E-state index in [0.717, 1.165) is 3.57 Å².